The van der Waals surface area contributed by atoms with E-state index in [0.29, 0.717) is 0 Å². The average molecular weight is 311 g/mol. The molecule has 122 valence electrons. The molecule has 0 aliphatic rings. The van der Waals surface area contributed by atoms with Gasteiger partial charge in [-0.25, -0.2) is 0 Å². The monoisotopic (exact) mass is 310 g/mol. The van der Waals surface area contributed by atoms with Crippen LogP contribution in [0.1, 0.15) is 56.4 Å². The molecule has 0 radical (unpaired) electrons. The van der Waals surface area contributed by atoms with Gasteiger partial charge in [0.1, 0.15) is 0 Å². The average Bonchev–Trinajstić information content (AvgIpc) is 2.68. The van der Waals surface area contributed by atoms with Crippen LogP contribution in [0.3, 0.4) is 0 Å². The molecule has 3 heteroatoms. The van der Waals surface area contributed by atoms with Crippen molar-refractivity contribution in [2.45, 2.75) is 61.1 Å². The van der Waals surface area contributed by atoms with Crippen molar-refractivity contribution in [3.8, 4) is 0 Å². The van der Waals surface area contributed by atoms with Crippen LogP contribution in [-0.4, -0.2) is 24.5 Å². The number of thiophene rings is 1. The van der Waals surface area contributed by atoms with E-state index in [9.17, 15) is 0 Å². The molecule has 0 aliphatic heterocycles. The molecule has 0 bridgehead atoms. The maximum Gasteiger partial charge on any atom is 0.0299 e. The maximum atomic E-state index is 3.51. The van der Waals surface area contributed by atoms with Gasteiger partial charge in [0.15, 0.2) is 0 Å². The zero-order valence-electron chi connectivity index (χ0n) is 14.8. The van der Waals surface area contributed by atoms with Crippen molar-refractivity contribution in [2.75, 3.05) is 19.6 Å². The molecule has 1 aromatic rings. The molecule has 0 saturated heterocycles. The van der Waals surface area contributed by atoms with Crippen LogP contribution in [0.15, 0.2) is 6.07 Å². The van der Waals surface area contributed by atoms with E-state index in [0.717, 1.165) is 31.5 Å². The van der Waals surface area contributed by atoms with E-state index < -0.39 is 0 Å². The van der Waals surface area contributed by atoms with Crippen molar-refractivity contribution < 1.29 is 0 Å². The van der Waals surface area contributed by atoms with Gasteiger partial charge in [0.05, 0.1) is 0 Å². The third-order valence-corrected chi connectivity index (χ3v) is 4.53. The number of hydrogen-bond donors (Lipinski definition) is 1. The Labute approximate surface area is 135 Å². The Kier molecular flexibility index (Phi) is 8.53. The first-order valence-electron chi connectivity index (χ1n) is 8.43. The Morgan fingerprint density at radius 1 is 1.14 bits per heavy atom. The van der Waals surface area contributed by atoms with Gasteiger partial charge in [-0.2, -0.15) is 0 Å². The minimum Gasteiger partial charge on any atom is -0.312 e. The van der Waals surface area contributed by atoms with Crippen LogP contribution in [-0.2, 0) is 13.1 Å². The summed E-state index contributed by atoms with van der Waals surface area (Å²) in [7, 11) is 0. The first-order chi connectivity index (χ1) is 9.92. The zero-order valence-corrected chi connectivity index (χ0v) is 15.6. The van der Waals surface area contributed by atoms with Crippen molar-refractivity contribution in [1.82, 2.24) is 10.2 Å². The van der Waals surface area contributed by atoms with Crippen molar-refractivity contribution in [1.29, 1.82) is 0 Å². The summed E-state index contributed by atoms with van der Waals surface area (Å²) in [5.74, 6) is 1.46. The molecule has 0 fully saturated rings. The van der Waals surface area contributed by atoms with Crippen molar-refractivity contribution in [2.24, 2.45) is 11.8 Å². The minimum absolute atomic E-state index is 0.730. The number of rotatable bonds is 10. The number of hydrogen-bond acceptors (Lipinski definition) is 3. The first kappa shape index (κ1) is 18.7. The lowest BCUT2D eigenvalue weighted by atomic mass is 10.1. The summed E-state index contributed by atoms with van der Waals surface area (Å²) < 4.78 is 0. The Bertz CT molecular complexity index is 386. The highest BCUT2D eigenvalue weighted by Gasteiger charge is 2.13. The Balaban J connectivity index is 2.64. The second-order valence-electron chi connectivity index (χ2n) is 6.95. The van der Waals surface area contributed by atoms with Gasteiger partial charge < -0.3 is 5.32 Å². The number of nitrogens with zero attached hydrogens (tertiary/aromatic N) is 1. The Morgan fingerprint density at radius 2 is 1.76 bits per heavy atom. The molecular weight excluding hydrogens is 276 g/mol. The molecular formula is C18H34N2S. The standard InChI is InChI=1S/C18H34N2S/c1-7-8-19-10-18-9-17(16(6)21-18)13-20(11-14(2)3)12-15(4)5/h9,14-15,19H,7-8,10-13H2,1-6H3. The zero-order chi connectivity index (χ0) is 15.8. The summed E-state index contributed by atoms with van der Waals surface area (Å²) >= 11 is 1.96. The van der Waals surface area contributed by atoms with Crippen molar-refractivity contribution in [3.63, 3.8) is 0 Å². The third-order valence-electron chi connectivity index (χ3n) is 3.44. The molecule has 1 N–H and O–H groups in total. The van der Waals surface area contributed by atoms with Crippen LogP contribution in [0.4, 0.5) is 0 Å². The van der Waals surface area contributed by atoms with Gasteiger partial charge >= 0.3 is 0 Å². The smallest absolute Gasteiger partial charge is 0.0299 e. The lowest BCUT2D eigenvalue weighted by Crippen LogP contribution is -2.31. The summed E-state index contributed by atoms with van der Waals surface area (Å²) in [6.07, 6.45) is 1.20. The second kappa shape index (κ2) is 9.60. The number of aryl methyl sites for hydroxylation is 1. The molecule has 1 aromatic heterocycles. The van der Waals surface area contributed by atoms with Gasteiger partial charge in [-0.3, -0.25) is 4.90 Å². The van der Waals surface area contributed by atoms with E-state index in [2.05, 4.69) is 57.8 Å². The Hall–Kier alpha value is -0.380. The molecule has 0 atom stereocenters. The molecule has 0 amide bonds. The molecule has 2 nitrogen and oxygen atoms in total. The van der Waals surface area contributed by atoms with Crippen molar-refractivity contribution in [3.05, 3.63) is 21.4 Å². The number of nitrogens with one attached hydrogen (secondary N) is 1. The third kappa shape index (κ3) is 7.44. The molecule has 21 heavy (non-hydrogen) atoms. The van der Waals surface area contributed by atoms with E-state index in [1.54, 1.807) is 0 Å². The lowest BCUT2D eigenvalue weighted by molar-refractivity contribution is 0.211. The molecule has 0 saturated carbocycles. The summed E-state index contributed by atoms with van der Waals surface area (Å²) in [5, 5.41) is 3.51. The van der Waals surface area contributed by atoms with E-state index >= 15 is 0 Å². The Morgan fingerprint density at radius 3 is 2.29 bits per heavy atom. The summed E-state index contributed by atoms with van der Waals surface area (Å²) in [4.78, 5) is 5.58. The van der Waals surface area contributed by atoms with Gasteiger partial charge in [0.2, 0.25) is 0 Å². The SMILES string of the molecule is CCCNCc1cc(CN(CC(C)C)CC(C)C)c(C)s1. The second-order valence-corrected chi connectivity index (χ2v) is 8.29. The van der Waals surface area contributed by atoms with Gasteiger partial charge in [0.25, 0.3) is 0 Å². The summed E-state index contributed by atoms with van der Waals surface area (Å²) in [5.41, 5.74) is 1.52. The maximum absolute atomic E-state index is 3.51. The first-order valence-corrected chi connectivity index (χ1v) is 9.25. The topological polar surface area (TPSA) is 15.3 Å². The molecule has 0 aromatic carbocycles. The van der Waals surface area contributed by atoms with Crippen LogP contribution in [0.5, 0.6) is 0 Å². The van der Waals surface area contributed by atoms with Gasteiger partial charge in [0, 0.05) is 35.9 Å². The molecule has 0 unspecified atom stereocenters. The van der Waals surface area contributed by atoms with Crippen LogP contribution >= 0.6 is 11.3 Å². The van der Waals surface area contributed by atoms with Crippen LogP contribution in [0, 0.1) is 18.8 Å². The van der Waals surface area contributed by atoms with Crippen molar-refractivity contribution >= 4 is 11.3 Å². The highest BCUT2D eigenvalue weighted by atomic mass is 32.1. The van der Waals surface area contributed by atoms with Crippen LogP contribution in [0.25, 0.3) is 0 Å². The lowest BCUT2D eigenvalue weighted by Gasteiger charge is -2.26. The minimum atomic E-state index is 0.730. The van der Waals surface area contributed by atoms with E-state index in [-0.39, 0.29) is 0 Å². The van der Waals surface area contributed by atoms with E-state index in [4.69, 9.17) is 0 Å². The van der Waals surface area contributed by atoms with Crippen LogP contribution in [0.2, 0.25) is 0 Å². The van der Waals surface area contributed by atoms with Crippen LogP contribution < -0.4 is 5.32 Å². The normalized spacial score (nSPS) is 12.0. The predicted octanol–water partition coefficient (Wildman–Crippen LogP) is 4.67. The predicted molar refractivity (Wildman–Crippen MR) is 96.0 cm³/mol. The van der Waals surface area contributed by atoms with Gasteiger partial charge in [-0.1, -0.05) is 34.6 Å². The largest absolute Gasteiger partial charge is 0.312 e. The molecule has 1 rings (SSSR count). The van der Waals surface area contributed by atoms with E-state index in [1.165, 1.54) is 34.8 Å². The highest BCUT2D eigenvalue weighted by Crippen LogP contribution is 2.23. The highest BCUT2D eigenvalue weighted by molar-refractivity contribution is 7.12. The fourth-order valence-electron chi connectivity index (χ4n) is 2.70. The fraction of sp³-hybridized carbons (Fsp3) is 0.778. The molecule has 0 aliphatic carbocycles. The van der Waals surface area contributed by atoms with Gasteiger partial charge in [-0.05, 0) is 43.4 Å². The quantitative estimate of drug-likeness (QED) is 0.632. The molecule has 1 heterocycles. The molecule has 0 spiro atoms. The fourth-order valence-corrected chi connectivity index (χ4v) is 3.72. The summed E-state index contributed by atoms with van der Waals surface area (Å²) in [6.45, 7) is 19.4. The van der Waals surface area contributed by atoms with Gasteiger partial charge in [-0.15, -0.1) is 11.3 Å². The summed E-state index contributed by atoms with van der Waals surface area (Å²) in [6, 6.07) is 2.41. The van der Waals surface area contributed by atoms with E-state index in [1.807, 2.05) is 11.3 Å².